The Labute approximate surface area is 103 Å². The summed E-state index contributed by atoms with van der Waals surface area (Å²) in [4.78, 5) is 22.7. The van der Waals surface area contributed by atoms with E-state index >= 15 is 0 Å². The van der Waals surface area contributed by atoms with Gasteiger partial charge in [-0.25, -0.2) is 9.89 Å². The minimum atomic E-state index is -0.319. The summed E-state index contributed by atoms with van der Waals surface area (Å²) in [6.45, 7) is 2.70. The van der Waals surface area contributed by atoms with Crippen molar-refractivity contribution in [3.05, 3.63) is 10.5 Å². The molecule has 1 amide bonds. The standard InChI is InChI=1S/C9H16N4O3S/c1-6(7(14)10-4-5-16-3)17-9-12-11-8(15)13(9)2/h6H,4-5H2,1-3H3,(H,10,14)(H,11,15)/t6-/m0/s1. The Morgan fingerprint density at radius 2 is 2.41 bits per heavy atom. The first-order chi connectivity index (χ1) is 8.06. The highest BCUT2D eigenvalue weighted by Gasteiger charge is 2.17. The smallest absolute Gasteiger partial charge is 0.343 e. The number of thioether (sulfide) groups is 1. The molecule has 0 saturated heterocycles. The zero-order valence-electron chi connectivity index (χ0n) is 10.0. The average molecular weight is 260 g/mol. The van der Waals surface area contributed by atoms with E-state index in [1.807, 2.05) is 0 Å². The van der Waals surface area contributed by atoms with E-state index in [0.717, 1.165) is 0 Å². The van der Waals surface area contributed by atoms with Crippen LogP contribution in [0.15, 0.2) is 9.95 Å². The fraction of sp³-hybridized carbons (Fsp3) is 0.667. The summed E-state index contributed by atoms with van der Waals surface area (Å²) in [5.74, 6) is -0.109. The first-order valence-corrected chi connectivity index (χ1v) is 5.99. The van der Waals surface area contributed by atoms with Crippen LogP contribution < -0.4 is 11.0 Å². The van der Waals surface area contributed by atoms with E-state index in [0.29, 0.717) is 18.3 Å². The van der Waals surface area contributed by atoms with E-state index < -0.39 is 0 Å². The fourth-order valence-corrected chi connectivity index (χ4v) is 1.92. The third-order valence-electron chi connectivity index (χ3n) is 2.10. The summed E-state index contributed by atoms with van der Waals surface area (Å²) in [5.41, 5.74) is -0.292. The Morgan fingerprint density at radius 3 is 2.94 bits per heavy atom. The van der Waals surface area contributed by atoms with E-state index in [2.05, 4.69) is 15.5 Å². The van der Waals surface area contributed by atoms with Crippen LogP contribution in [0.25, 0.3) is 0 Å². The predicted molar refractivity (Wildman–Crippen MR) is 64.0 cm³/mol. The van der Waals surface area contributed by atoms with Gasteiger partial charge in [0.25, 0.3) is 0 Å². The van der Waals surface area contributed by atoms with Gasteiger partial charge in [-0.2, -0.15) is 0 Å². The van der Waals surface area contributed by atoms with Gasteiger partial charge < -0.3 is 10.1 Å². The number of carbonyl (C=O) groups is 1. The third kappa shape index (κ3) is 3.90. The predicted octanol–water partition coefficient (Wildman–Crippen LogP) is -0.648. The number of aromatic nitrogens is 3. The Bertz CT molecular complexity index is 428. The molecule has 1 atom stereocenters. The van der Waals surface area contributed by atoms with Gasteiger partial charge in [-0.05, 0) is 6.92 Å². The van der Waals surface area contributed by atoms with E-state index in [9.17, 15) is 9.59 Å². The Morgan fingerprint density at radius 1 is 1.71 bits per heavy atom. The number of nitrogens with zero attached hydrogens (tertiary/aromatic N) is 2. The number of H-pyrrole nitrogens is 1. The first-order valence-electron chi connectivity index (χ1n) is 5.11. The minimum absolute atomic E-state index is 0.109. The van der Waals surface area contributed by atoms with Crippen LogP contribution in [0.3, 0.4) is 0 Å². The number of hydrogen-bond donors (Lipinski definition) is 2. The number of nitrogens with one attached hydrogen (secondary N) is 2. The molecule has 7 nitrogen and oxygen atoms in total. The van der Waals surface area contributed by atoms with Gasteiger partial charge in [0.2, 0.25) is 5.91 Å². The lowest BCUT2D eigenvalue weighted by Gasteiger charge is -2.10. The molecule has 0 saturated carbocycles. The maximum Gasteiger partial charge on any atom is 0.343 e. The van der Waals surface area contributed by atoms with Crippen LogP contribution in [0.1, 0.15) is 6.92 Å². The van der Waals surface area contributed by atoms with Crippen molar-refractivity contribution in [2.24, 2.45) is 7.05 Å². The summed E-state index contributed by atoms with van der Waals surface area (Å²) in [7, 11) is 3.17. The van der Waals surface area contributed by atoms with Crippen LogP contribution in [0.4, 0.5) is 0 Å². The maximum atomic E-state index is 11.6. The third-order valence-corrected chi connectivity index (χ3v) is 3.24. The lowest BCUT2D eigenvalue weighted by Crippen LogP contribution is -2.33. The van der Waals surface area contributed by atoms with Crippen LogP contribution in [0, 0.1) is 0 Å². The average Bonchev–Trinajstić information content (AvgIpc) is 2.61. The van der Waals surface area contributed by atoms with E-state index in [-0.39, 0.29) is 16.8 Å². The van der Waals surface area contributed by atoms with Gasteiger partial charge in [-0.1, -0.05) is 11.8 Å². The van der Waals surface area contributed by atoms with Gasteiger partial charge in [0.1, 0.15) is 0 Å². The topological polar surface area (TPSA) is 89.0 Å². The molecule has 1 aromatic heterocycles. The van der Waals surface area contributed by atoms with Crippen LogP contribution in [0.5, 0.6) is 0 Å². The molecule has 96 valence electrons. The van der Waals surface area contributed by atoms with Crippen molar-refractivity contribution < 1.29 is 9.53 Å². The van der Waals surface area contributed by atoms with Crippen LogP contribution in [0.2, 0.25) is 0 Å². The van der Waals surface area contributed by atoms with E-state index in [1.165, 1.54) is 16.3 Å². The molecular weight excluding hydrogens is 244 g/mol. The van der Waals surface area contributed by atoms with Gasteiger partial charge in [0.15, 0.2) is 5.16 Å². The zero-order chi connectivity index (χ0) is 12.8. The van der Waals surface area contributed by atoms with Crippen molar-refractivity contribution in [1.82, 2.24) is 20.1 Å². The number of aromatic amines is 1. The summed E-state index contributed by atoms with van der Waals surface area (Å²) in [6, 6.07) is 0. The van der Waals surface area contributed by atoms with E-state index in [1.54, 1.807) is 21.1 Å². The molecule has 1 heterocycles. The molecule has 2 N–H and O–H groups in total. The number of hydrogen-bond acceptors (Lipinski definition) is 5. The number of amides is 1. The van der Waals surface area contributed by atoms with Crippen LogP contribution >= 0.6 is 11.8 Å². The normalized spacial score (nSPS) is 12.4. The largest absolute Gasteiger partial charge is 0.383 e. The number of methoxy groups -OCH3 is 1. The number of rotatable bonds is 6. The summed E-state index contributed by atoms with van der Waals surface area (Å²) >= 11 is 1.22. The Kier molecular flexibility index (Phi) is 5.23. The van der Waals surface area contributed by atoms with Crippen molar-refractivity contribution in [3.63, 3.8) is 0 Å². The maximum absolute atomic E-state index is 11.6. The quantitative estimate of drug-likeness (QED) is 0.524. The van der Waals surface area contributed by atoms with Crippen molar-refractivity contribution in [3.8, 4) is 0 Å². The molecule has 0 aromatic carbocycles. The molecule has 0 unspecified atom stereocenters. The van der Waals surface area contributed by atoms with Crippen molar-refractivity contribution in [2.45, 2.75) is 17.3 Å². The minimum Gasteiger partial charge on any atom is -0.383 e. The van der Waals surface area contributed by atoms with Gasteiger partial charge in [0, 0.05) is 20.7 Å². The summed E-state index contributed by atoms with van der Waals surface area (Å²) in [6.07, 6.45) is 0. The summed E-state index contributed by atoms with van der Waals surface area (Å²) < 4.78 is 6.19. The monoisotopic (exact) mass is 260 g/mol. The molecule has 1 rings (SSSR count). The van der Waals surface area contributed by atoms with Crippen molar-refractivity contribution in [1.29, 1.82) is 0 Å². The van der Waals surface area contributed by atoms with Crippen LogP contribution in [-0.4, -0.2) is 46.2 Å². The van der Waals surface area contributed by atoms with Gasteiger partial charge in [0.05, 0.1) is 11.9 Å². The molecule has 0 fully saturated rings. The Balaban J connectivity index is 2.48. The molecule has 8 heteroatoms. The number of ether oxygens (including phenoxy) is 1. The highest BCUT2D eigenvalue weighted by atomic mass is 32.2. The molecule has 0 aliphatic heterocycles. The van der Waals surface area contributed by atoms with Gasteiger partial charge in [-0.3, -0.25) is 9.36 Å². The van der Waals surface area contributed by atoms with E-state index in [4.69, 9.17) is 4.74 Å². The highest BCUT2D eigenvalue weighted by molar-refractivity contribution is 8.00. The number of carbonyl (C=O) groups excluding carboxylic acids is 1. The van der Waals surface area contributed by atoms with Crippen molar-refractivity contribution in [2.75, 3.05) is 20.3 Å². The molecule has 17 heavy (non-hydrogen) atoms. The molecular formula is C9H16N4O3S. The second-order valence-corrected chi connectivity index (χ2v) is 4.72. The molecule has 0 radical (unpaired) electrons. The SMILES string of the molecule is COCCNC(=O)[C@H](C)Sc1n[nH]c(=O)n1C. The van der Waals surface area contributed by atoms with Gasteiger partial charge in [-0.15, -0.1) is 5.10 Å². The molecule has 0 aliphatic rings. The van der Waals surface area contributed by atoms with Crippen LogP contribution in [-0.2, 0) is 16.6 Å². The molecule has 0 spiro atoms. The summed E-state index contributed by atoms with van der Waals surface area (Å²) in [5, 5.41) is 9.03. The van der Waals surface area contributed by atoms with Gasteiger partial charge >= 0.3 is 5.69 Å². The molecule has 0 bridgehead atoms. The Hall–Kier alpha value is -1.28. The zero-order valence-corrected chi connectivity index (χ0v) is 10.8. The lowest BCUT2D eigenvalue weighted by atomic mass is 10.4. The fourth-order valence-electron chi connectivity index (χ4n) is 1.07. The first kappa shape index (κ1) is 13.8. The highest BCUT2D eigenvalue weighted by Crippen LogP contribution is 2.18. The second kappa shape index (κ2) is 6.45. The molecule has 1 aromatic rings. The second-order valence-electron chi connectivity index (χ2n) is 3.41. The molecule has 0 aliphatic carbocycles. The van der Waals surface area contributed by atoms with Crippen molar-refractivity contribution >= 4 is 17.7 Å². The lowest BCUT2D eigenvalue weighted by molar-refractivity contribution is -0.120.